The first-order valence-electron chi connectivity index (χ1n) is 20.1. The van der Waals surface area contributed by atoms with Gasteiger partial charge in [0.2, 0.25) is 0 Å². The van der Waals surface area contributed by atoms with Gasteiger partial charge < -0.3 is 18.0 Å². The molecule has 4 aromatic heterocycles. The molecule has 4 nitrogen and oxygen atoms in total. The van der Waals surface area contributed by atoms with Crippen LogP contribution < -0.4 is 0 Å². The third-order valence-corrected chi connectivity index (χ3v) is 12.4. The van der Waals surface area contributed by atoms with Gasteiger partial charge in [-0.2, -0.15) is 0 Å². The average Bonchev–Trinajstić information content (AvgIpc) is 4.04. The van der Waals surface area contributed by atoms with Crippen LogP contribution in [-0.2, 0) is 6.42 Å². The summed E-state index contributed by atoms with van der Waals surface area (Å²) >= 11 is 0. The molecule has 0 saturated heterocycles. The van der Waals surface area contributed by atoms with E-state index >= 15 is 0 Å². The molecule has 13 rings (SSSR count). The van der Waals surface area contributed by atoms with Crippen molar-refractivity contribution in [2.24, 2.45) is 0 Å². The molecule has 12 aromatic rings. The van der Waals surface area contributed by atoms with E-state index in [0.717, 1.165) is 90.3 Å². The number of aryl methyl sites for hydroxylation is 1. The summed E-state index contributed by atoms with van der Waals surface area (Å²) in [7, 11) is 0. The maximum Gasteiger partial charge on any atom is 0.143 e. The molecule has 58 heavy (non-hydrogen) atoms. The molecule has 0 atom stereocenters. The largest absolute Gasteiger partial charge is 0.455 e. The van der Waals surface area contributed by atoms with Crippen molar-refractivity contribution in [2.45, 2.75) is 12.8 Å². The Bertz CT molecular complexity index is 3640. The zero-order valence-electron chi connectivity index (χ0n) is 31.4. The number of hydrogen-bond acceptors (Lipinski definition) is 2. The highest BCUT2D eigenvalue weighted by Crippen LogP contribution is 2.46. The first-order chi connectivity index (χ1) is 28.8. The summed E-state index contributed by atoms with van der Waals surface area (Å²) in [6.07, 6.45) is 6.70. The fourth-order valence-corrected chi connectivity index (χ4v) is 9.90. The summed E-state index contributed by atoms with van der Waals surface area (Å²) in [4.78, 5) is 0. The van der Waals surface area contributed by atoms with Gasteiger partial charge in [-0.25, -0.2) is 0 Å². The predicted octanol–water partition coefficient (Wildman–Crippen LogP) is 14.8. The smallest absolute Gasteiger partial charge is 0.143 e. The topological polar surface area (TPSA) is 36.1 Å². The van der Waals surface area contributed by atoms with Crippen LogP contribution in [0, 0.1) is 0 Å². The molecule has 1 aliphatic rings. The fourth-order valence-electron chi connectivity index (χ4n) is 9.90. The van der Waals surface area contributed by atoms with Gasteiger partial charge in [0.05, 0.1) is 16.6 Å². The second kappa shape index (κ2) is 12.0. The molecule has 0 N–H and O–H groups in total. The highest BCUT2D eigenvalue weighted by atomic mass is 16.3. The van der Waals surface area contributed by atoms with Gasteiger partial charge in [-0.3, -0.25) is 0 Å². The lowest BCUT2D eigenvalue weighted by molar-refractivity contribution is 0.669. The minimum atomic E-state index is 0.864. The number of aromatic nitrogens is 2. The van der Waals surface area contributed by atoms with E-state index in [4.69, 9.17) is 8.83 Å². The van der Waals surface area contributed by atoms with E-state index < -0.39 is 0 Å². The van der Waals surface area contributed by atoms with Crippen LogP contribution in [0.2, 0.25) is 0 Å². The molecule has 1 aliphatic carbocycles. The molecule has 0 bridgehead atoms. The Labute approximate surface area is 333 Å². The quantitative estimate of drug-likeness (QED) is 0.180. The molecule has 4 heterocycles. The number of nitrogens with zero attached hydrogens (tertiary/aromatic N) is 2. The first kappa shape index (κ1) is 31.6. The number of allylic oxidation sites excluding steroid dienone is 1. The number of furan rings is 2. The molecule has 0 aliphatic heterocycles. The maximum absolute atomic E-state index is 6.86. The number of para-hydroxylation sites is 5. The van der Waals surface area contributed by atoms with Crippen molar-refractivity contribution in [3.05, 3.63) is 187 Å². The Morgan fingerprint density at radius 1 is 0.379 bits per heavy atom. The van der Waals surface area contributed by atoms with Gasteiger partial charge >= 0.3 is 0 Å². The van der Waals surface area contributed by atoms with E-state index in [-0.39, 0.29) is 0 Å². The van der Waals surface area contributed by atoms with E-state index in [0.29, 0.717) is 0 Å². The van der Waals surface area contributed by atoms with Crippen molar-refractivity contribution in [3.63, 3.8) is 0 Å². The van der Waals surface area contributed by atoms with Crippen LogP contribution in [0.1, 0.15) is 17.7 Å². The Morgan fingerprint density at radius 2 is 0.948 bits per heavy atom. The van der Waals surface area contributed by atoms with Crippen LogP contribution in [0.15, 0.2) is 185 Å². The summed E-state index contributed by atoms with van der Waals surface area (Å²) in [5.74, 6) is 0. The second-order valence-corrected chi connectivity index (χ2v) is 15.5. The Hall–Kier alpha value is -7.56. The van der Waals surface area contributed by atoms with Gasteiger partial charge in [0.15, 0.2) is 0 Å². The van der Waals surface area contributed by atoms with Crippen molar-refractivity contribution in [3.8, 4) is 33.6 Å². The van der Waals surface area contributed by atoms with E-state index in [9.17, 15) is 0 Å². The lowest BCUT2D eigenvalue weighted by Crippen LogP contribution is -2.01. The van der Waals surface area contributed by atoms with Gasteiger partial charge in [0, 0.05) is 65.9 Å². The highest BCUT2D eigenvalue weighted by Gasteiger charge is 2.24. The summed E-state index contributed by atoms with van der Waals surface area (Å²) in [5.41, 5.74) is 16.3. The molecule has 0 spiro atoms. The van der Waals surface area contributed by atoms with Gasteiger partial charge in [-0.1, -0.05) is 121 Å². The second-order valence-electron chi connectivity index (χ2n) is 15.5. The first-order valence-corrected chi connectivity index (χ1v) is 20.1. The highest BCUT2D eigenvalue weighted by molar-refractivity contribution is 6.15. The van der Waals surface area contributed by atoms with E-state index in [1.165, 1.54) is 44.0 Å². The maximum atomic E-state index is 6.86. The molecule has 8 aromatic carbocycles. The monoisotopic (exact) mass is 742 g/mol. The molecule has 0 amide bonds. The number of fused-ring (bicyclic) bond motifs is 12. The minimum Gasteiger partial charge on any atom is -0.455 e. The third-order valence-electron chi connectivity index (χ3n) is 12.4. The van der Waals surface area contributed by atoms with Crippen molar-refractivity contribution in [2.75, 3.05) is 0 Å². The Balaban J connectivity index is 1.05. The van der Waals surface area contributed by atoms with Crippen molar-refractivity contribution >= 4 is 82.7 Å². The molecule has 0 fully saturated rings. The normalized spacial score (nSPS) is 13.0. The summed E-state index contributed by atoms with van der Waals surface area (Å²) in [6, 6.07) is 61.0. The molecular formula is C54H34N2O2. The van der Waals surface area contributed by atoms with Crippen LogP contribution in [0.3, 0.4) is 0 Å². The van der Waals surface area contributed by atoms with Crippen molar-refractivity contribution in [1.29, 1.82) is 0 Å². The van der Waals surface area contributed by atoms with E-state index in [1.807, 2.05) is 0 Å². The fraction of sp³-hybridized carbons (Fsp3) is 0.0370. The predicted molar refractivity (Wildman–Crippen MR) is 240 cm³/mol. The standard InChI is InChI=1S/C54H34N2O2/c1-2-15-36(45-31-34(32-46-41-20-7-12-27-51(41)57-54(45)46)56-49-25-10-5-18-39(49)40-19-6-11-26-50(40)56)35(14-1)42-21-13-22-43-44-30-33(28-29-52(44)58-53(42)43)55-47-23-8-3-16-37(47)38-17-4-9-24-48(38)55/h1-5,7-18,20-32H,6,19H2. The third kappa shape index (κ3) is 4.40. The average molecular weight is 743 g/mol. The molecule has 272 valence electrons. The van der Waals surface area contributed by atoms with Gasteiger partial charge in [0.1, 0.15) is 22.3 Å². The van der Waals surface area contributed by atoms with Gasteiger partial charge in [-0.05, 0) is 90.2 Å². The van der Waals surface area contributed by atoms with Crippen LogP contribution in [0.25, 0.3) is 116 Å². The summed E-state index contributed by atoms with van der Waals surface area (Å²) < 4.78 is 18.5. The van der Waals surface area contributed by atoms with Crippen LogP contribution >= 0.6 is 0 Å². The zero-order chi connectivity index (χ0) is 37.9. The number of rotatable bonds is 4. The van der Waals surface area contributed by atoms with Crippen molar-refractivity contribution in [1.82, 2.24) is 9.13 Å². The van der Waals surface area contributed by atoms with Crippen LogP contribution in [-0.4, -0.2) is 9.13 Å². The number of benzene rings is 8. The Kier molecular flexibility index (Phi) is 6.53. The zero-order valence-corrected chi connectivity index (χ0v) is 31.4. The van der Waals surface area contributed by atoms with Crippen molar-refractivity contribution < 1.29 is 8.83 Å². The van der Waals surface area contributed by atoms with Gasteiger partial charge in [-0.15, -0.1) is 0 Å². The molecule has 0 unspecified atom stereocenters. The van der Waals surface area contributed by atoms with E-state index in [1.54, 1.807) is 0 Å². The minimum absolute atomic E-state index is 0.864. The molecular weight excluding hydrogens is 709 g/mol. The lowest BCUT2D eigenvalue weighted by atomic mass is 9.92. The summed E-state index contributed by atoms with van der Waals surface area (Å²) in [5, 5.41) is 8.20. The number of hydrogen-bond donors (Lipinski definition) is 0. The Morgan fingerprint density at radius 3 is 1.72 bits per heavy atom. The SMILES string of the molecule is C1=Cc2c(c3ccccc3n2-c2cc(-c3ccccc3-c3cccc4c3oc3ccc(-n5c6ccccc6c6ccccc65)cc34)c3oc4ccccc4c3c2)CC1. The summed E-state index contributed by atoms with van der Waals surface area (Å²) in [6.45, 7) is 0. The van der Waals surface area contributed by atoms with Crippen LogP contribution in [0.4, 0.5) is 0 Å². The molecule has 4 heteroatoms. The van der Waals surface area contributed by atoms with Crippen LogP contribution in [0.5, 0.6) is 0 Å². The molecule has 0 saturated carbocycles. The lowest BCUT2D eigenvalue weighted by Gasteiger charge is -2.16. The van der Waals surface area contributed by atoms with E-state index in [2.05, 4.69) is 191 Å². The van der Waals surface area contributed by atoms with Gasteiger partial charge in [0.25, 0.3) is 0 Å². The molecule has 0 radical (unpaired) electrons.